The number of alkyl halides is 2. The first-order valence-corrected chi connectivity index (χ1v) is 15.5. The van der Waals surface area contributed by atoms with Crippen molar-refractivity contribution in [2.45, 2.75) is 106 Å². The number of halogens is 2. The maximum atomic E-state index is 14.6. The maximum absolute atomic E-state index is 14.6. The number of allylic oxidation sites excluding steroid dienone is 4. The minimum absolute atomic E-state index is 0.0933. The third-order valence-corrected chi connectivity index (χ3v) is 13.7. The quantitative estimate of drug-likeness (QED) is 0.377. The van der Waals surface area contributed by atoms with Crippen molar-refractivity contribution in [3.05, 3.63) is 23.0 Å². The monoisotopic (exact) mass is 554 g/mol. The number of likely N-dealkylation sites (tertiary alicyclic amines) is 1. The third kappa shape index (κ3) is 3.58. The van der Waals surface area contributed by atoms with Crippen LogP contribution in [-0.2, 0) is 4.79 Å². The zero-order valence-electron chi connectivity index (χ0n) is 25.6. The molecule has 1 N–H and O–H groups in total. The van der Waals surface area contributed by atoms with Gasteiger partial charge in [0.05, 0.1) is 24.7 Å². The zero-order valence-corrected chi connectivity index (χ0v) is 25.6. The average Bonchev–Trinajstić information content (AvgIpc) is 2.82. The fourth-order valence-electron chi connectivity index (χ4n) is 11.5. The van der Waals surface area contributed by atoms with Crippen LogP contribution in [0.5, 0.6) is 0 Å². The fourth-order valence-corrected chi connectivity index (χ4v) is 11.5. The number of nitriles is 1. The van der Waals surface area contributed by atoms with Crippen LogP contribution in [0.2, 0.25) is 0 Å². The number of carbonyl (C=O) groups excluding carboxylic acids is 1. The number of carbonyl (C=O) groups is 1. The summed E-state index contributed by atoms with van der Waals surface area (Å²) in [6.07, 6.45) is 9.31. The Morgan fingerprint density at radius 2 is 1.68 bits per heavy atom. The molecule has 1 saturated heterocycles. The van der Waals surface area contributed by atoms with Gasteiger partial charge in [-0.05, 0) is 96.4 Å². The van der Waals surface area contributed by atoms with Crippen LogP contribution in [0.15, 0.2) is 23.0 Å². The summed E-state index contributed by atoms with van der Waals surface area (Å²) in [5, 5.41) is 21.0. The summed E-state index contributed by atoms with van der Waals surface area (Å²) in [4.78, 5) is 16.5. The van der Waals surface area contributed by atoms with Gasteiger partial charge in [-0.2, -0.15) is 5.26 Å². The topological polar surface area (TPSA) is 64.3 Å². The van der Waals surface area contributed by atoms with E-state index in [1.54, 1.807) is 0 Å². The Bertz CT molecular complexity index is 1250. The van der Waals surface area contributed by atoms with Crippen molar-refractivity contribution in [2.24, 2.45) is 50.2 Å². The molecule has 6 heteroatoms. The molecule has 7 atom stereocenters. The number of hydrogen-bond donors (Lipinski definition) is 1. The van der Waals surface area contributed by atoms with Crippen LogP contribution >= 0.6 is 0 Å². The molecule has 1 heterocycles. The number of aliphatic hydroxyl groups excluding tert-OH is 1. The molecule has 0 aromatic heterocycles. The molecule has 5 aliphatic carbocycles. The molecule has 0 aromatic carbocycles. The summed E-state index contributed by atoms with van der Waals surface area (Å²) in [6, 6.07) is 2.30. The van der Waals surface area contributed by atoms with Crippen LogP contribution in [0.1, 0.15) is 99.8 Å². The van der Waals surface area contributed by atoms with E-state index in [4.69, 9.17) is 0 Å². The van der Waals surface area contributed by atoms with Gasteiger partial charge in [0.15, 0.2) is 5.78 Å². The van der Waals surface area contributed by atoms with Gasteiger partial charge in [0.1, 0.15) is 5.76 Å². The van der Waals surface area contributed by atoms with Gasteiger partial charge >= 0.3 is 0 Å². The molecule has 6 rings (SSSR count). The lowest BCUT2D eigenvalue weighted by molar-refractivity contribution is -0.193. The smallest absolute Gasteiger partial charge is 0.272 e. The van der Waals surface area contributed by atoms with Gasteiger partial charge < -0.3 is 5.11 Å². The summed E-state index contributed by atoms with van der Waals surface area (Å²) >= 11 is 0. The van der Waals surface area contributed by atoms with Crippen LogP contribution in [0.25, 0.3) is 0 Å². The second kappa shape index (κ2) is 8.21. The second-order valence-corrected chi connectivity index (χ2v) is 16.9. The number of hydrogen-bond acceptors (Lipinski definition) is 4. The average molecular weight is 555 g/mol. The van der Waals surface area contributed by atoms with Crippen LogP contribution in [-0.4, -0.2) is 41.3 Å². The number of fused-ring (bicyclic) bond motifs is 7. The first-order chi connectivity index (χ1) is 18.3. The normalized spacial score (nSPS) is 47.0. The second-order valence-electron chi connectivity index (χ2n) is 16.9. The molecule has 0 radical (unpaired) electrons. The molecule has 0 amide bonds. The molecular formula is C34H48F2N2O2. The van der Waals surface area contributed by atoms with Gasteiger partial charge in [-0.25, -0.2) is 8.78 Å². The Kier molecular flexibility index (Phi) is 5.82. The zero-order chi connectivity index (χ0) is 29.3. The van der Waals surface area contributed by atoms with E-state index in [-0.39, 0.29) is 69.5 Å². The molecular weight excluding hydrogens is 506 g/mol. The highest BCUT2D eigenvalue weighted by Gasteiger charge is 2.70. The van der Waals surface area contributed by atoms with Crippen molar-refractivity contribution < 1.29 is 18.7 Å². The Labute approximate surface area is 239 Å². The van der Waals surface area contributed by atoms with E-state index in [9.17, 15) is 23.9 Å². The summed E-state index contributed by atoms with van der Waals surface area (Å²) < 4.78 is 27.8. The van der Waals surface area contributed by atoms with E-state index in [1.165, 1.54) is 5.57 Å². The Morgan fingerprint density at radius 1 is 1.02 bits per heavy atom. The number of ketones is 1. The summed E-state index contributed by atoms with van der Waals surface area (Å²) in [5.74, 6) is -1.94. The third-order valence-electron chi connectivity index (χ3n) is 13.7. The number of rotatable bonds is 2. The molecule has 3 saturated carbocycles. The SMILES string of the molecule is CC1(C)CC[C@]2(CN3CC(F)(F)C3)CC[C@]3(C)[C@H](C(=O)C=C4[C@@]5(C)CC(C#N)=C(O)C(C)(C)[C@@H]5CC[C@]43C)[C@@H]2C1. The first kappa shape index (κ1) is 28.4. The Balaban J connectivity index is 1.44. The largest absolute Gasteiger partial charge is 0.511 e. The molecule has 4 fully saturated rings. The lowest BCUT2D eigenvalue weighted by atomic mass is 9.34. The molecule has 0 unspecified atom stereocenters. The van der Waals surface area contributed by atoms with Crippen molar-refractivity contribution in [2.75, 3.05) is 19.6 Å². The minimum atomic E-state index is -2.58. The highest BCUT2D eigenvalue weighted by molar-refractivity contribution is 5.95. The molecule has 0 bridgehead atoms. The van der Waals surface area contributed by atoms with Crippen LogP contribution in [0.3, 0.4) is 0 Å². The molecule has 40 heavy (non-hydrogen) atoms. The van der Waals surface area contributed by atoms with Gasteiger partial charge in [-0.1, -0.05) is 54.0 Å². The summed E-state index contributed by atoms with van der Waals surface area (Å²) in [6.45, 7) is 16.1. The van der Waals surface area contributed by atoms with E-state index in [0.717, 1.165) is 44.9 Å². The lowest BCUT2D eigenvalue weighted by Gasteiger charge is -2.70. The summed E-state index contributed by atoms with van der Waals surface area (Å²) in [5.41, 5.74) is 0.341. The van der Waals surface area contributed by atoms with Crippen molar-refractivity contribution >= 4 is 5.78 Å². The molecule has 1 aliphatic heterocycles. The van der Waals surface area contributed by atoms with Crippen LogP contribution in [0.4, 0.5) is 8.78 Å². The van der Waals surface area contributed by atoms with E-state index < -0.39 is 11.3 Å². The molecule has 0 spiro atoms. The highest BCUT2D eigenvalue weighted by Crippen LogP contribution is 2.75. The van der Waals surface area contributed by atoms with Gasteiger partial charge in [0.2, 0.25) is 0 Å². The summed E-state index contributed by atoms with van der Waals surface area (Å²) in [7, 11) is 0. The predicted molar refractivity (Wildman–Crippen MR) is 151 cm³/mol. The van der Waals surface area contributed by atoms with Crippen molar-refractivity contribution in [3.63, 3.8) is 0 Å². The van der Waals surface area contributed by atoms with Gasteiger partial charge in [0.25, 0.3) is 5.92 Å². The minimum Gasteiger partial charge on any atom is -0.511 e. The highest BCUT2D eigenvalue weighted by atomic mass is 19.3. The van der Waals surface area contributed by atoms with Crippen molar-refractivity contribution in [1.29, 1.82) is 5.26 Å². The molecule has 0 aromatic rings. The van der Waals surface area contributed by atoms with Gasteiger partial charge in [0, 0.05) is 17.9 Å². The van der Waals surface area contributed by atoms with E-state index in [1.807, 2.05) is 11.0 Å². The van der Waals surface area contributed by atoms with E-state index in [2.05, 4.69) is 54.5 Å². The van der Waals surface area contributed by atoms with E-state index in [0.29, 0.717) is 18.5 Å². The molecule has 6 aliphatic rings. The number of aliphatic hydroxyl groups is 1. The van der Waals surface area contributed by atoms with Crippen LogP contribution in [0, 0.1) is 61.6 Å². The van der Waals surface area contributed by atoms with Gasteiger partial charge in [-0.3, -0.25) is 9.69 Å². The Morgan fingerprint density at radius 3 is 2.30 bits per heavy atom. The first-order valence-electron chi connectivity index (χ1n) is 15.5. The lowest BCUT2D eigenvalue weighted by Crippen LogP contribution is -2.67. The molecule has 4 nitrogen and oxygen atoms in total. The predicted octanol–water partition coefficient (Wildman–Crippen LogP) is 7.86. The standard InChI is InChI=1S/C34H48F2N2O2/c1-28(2)10-12-33(18-38-19-34(35,36)20-38)13-11-32(7)26(22(33)16-28)23(39)14-25-30(5)15-21(17-37)27(40)29(3,4)24(30)8-9-31(25,32)6/h14,22,24,26,40H,8-13,15-16,18-20H2,1-7H3/t22-,24-,26-,30-,31+,32+,33+/m0/s1. The Hall–Kier alpha value is -1.74. The van der Waals surface area contributed by atoms with Gasteiger partial charge in [-0.15, -0.1) is 0 Å². The van der Waals surface area contributed by atoms with Crippen molar-refractivity contribution in [1.82, 2.24) is 4.90 Å². The maximum Gasteiger partial charge on any atom is 0.272 e. The van der Waals surface area contributed by atoms with Crippen LogP contribution < -0.4 is 0 Å². The molecule has 220 valence electrons. The van der Waals surface area contributed by atoms with E-state index >= 15 is 0 Å². The van der Waals surface area contributed by atoms with Crippen molar-refractivity contribution in [3.8, 4) is 6.07 Å². The number of nitrogens with zero attached hydrogens (tertiary/aromatic N) is 2. The fraction of sp³-hybridized carbons (Fsp3) is 0.824.